The average molecular weight is 561 g/mol. The minimum atomic E-state index is -0.707. The maximum Gasteiger partial charge on any atom is 0.240 e. The molecule has 0 bridgehead atoms. The number of halogens is 2. The monoisotopic (exact) mass is 560 g/mol. The first-order valence-corrected chi connectivity index (χ1v) is 14.2. The molecule has 0 saturated heterocycles. The molecule has 0 spiro atoms. The Morgan fingerprint density at radius 3 is 2.50 bits per heavy atom. The second-order valence-corrected chi connectivity index (χ2v) is 11.0. The minimum absolute atomic E-state index is 0.00506. The number of aromatic nitrogens is 2. The van der Waals surface area contributed by atoms with Crippen molar-refractivity contribution in [2.24, 2.45) is 0 Å². The van der Waals surface area contributed by atoms with Crippen molar-refractivity contribution < 1.29 is 18.4 Å². The van der Waals surface area contributed by atoms with Crippen LogP contribution in [-0.4, -0.2) is 39.9 Å². The summed E-state index contributed by atoms with van der Waals surface area (Å²) in [6.45, 7) is 5.63. The summed E-state index contributed by atoms with van der Waals surface area (Å²) in [5, 5.41) is 7.23. The number of benzene rings is 3. The lowest BCUT2D eigenvalue weighted by atomic mass is 9.99. The van der Waals surface area contributed by atoms with Crippen LogP contribution in [0.4, 0.5) is 14.6 Å². The van der Waals surface area contributed by atoms with Crippen molar-refractivity contribution in [1.29, 1.82) is 0 Å². The maximum absolute atomic E-state index is 15.3. The van der Waals surface area contributed by atoms with Gasteiger partial charge < -0.3 is 5.32 Å². The number of hydrogen-bond donors (Lipinski definition) is 1. The molecule has 0 radical (unpaired) electrons. The van der Waals surface area contributed by atoms with Gasteiger partial charge in [-0.05, 0) is 38.5 Å². The van der Waals surface area contributed by atoms with Crippen LogP contribution < -0.4 is 10.2 Å². The lowest BCUT2D eigenvalue weighted by Gasteiger charge is -2.24. The van der Waals surface area contributed by atoms with Crippen molar-refractivity contribution in [3.05, 3.63) is 101 Å². The third kappa shape index (κ3) is 5.51. The number of fused-ring (bicyclic) bond motifs is 1. The molecule has 2 atom stereocenters. The van der Waals surface area contributed by atoms with E-state index in [1.54, 1.807) is 4.68 Å². The molecule has 1 aromatic heterocycles. The Balaban J connectivity index is 1.79. The van der Waals surface area contributed by atoms with Crippen LogP contribution in [-0.2, 0) is 9.59 Å². The van der Waals surface area contributed by atoms with Gasteiger partial charge in [0.15, 0.2) is 0 Å². The summed E-state index contributed by atoms with van der Waals surface area (Å²) in [5.41, 5.74) is 3.90. The molecule has 6 nitrogen and oxygen atoms in total. The maximum atomic E-state index is 15.3. The van der Waals surface area contributed by atoms with Crippen LogP contribution in [0.1, 0.15) is 42.2 Å². The van der Waals surface area contributed by atoms with E-state index in [4.69, 9.17) is 5.10 Å². The highest BCUT2D eigenvalue weighted by Crippen LogP contribution is 2.49. The zero-order valence-corrected chi connectivity index (χ0v) is 23.3. The number of rotatable bonds is 7. The van der Waals surface area contributed by atoms with Gasteiger partial charge in [-0.2, -0.15) is 5.10 Å². The van der Waals surface area contributed by atoms with E-state index in [2.05, 4.69) is 5.32 Å². The molecular weight excluding hydrogens is 530 g/mol. The molecule has 0 fully saturated rings. The van der Waals surface area contributed by atoms with Gasteiger partial charge in [-0.1, -0.05) is 61.0 Å². The third-order valence-electron chi connectivity index (χ3n) is 6.98. The number of amides is 2. The van der Waals surface area contributed by atoms with E-state index in [0.717, 1.165) is 23.6 Å². The number of aryl methyl sites for hydroxylation is 1. The lowest BCUT2D eigenvalue weighted by molar-refractivity contribution is -0.123. The normalized spacial score (nSPS) is 15.9. The van der Waals surface area contributed by atoms with E-state index in [1.807, 2.05) is 75.4 Å². The van der Waals surface area contributed by atoms with E-state index in [9.17, 15) is 14.0 Å². The Hall–Kier alpha value is -3.98. The number of carbonyl (C=O) groups is 2. The van der Waals surface area contributed by atoms with Gasteiger partial charge in [0.05, 0.1) is 22.4 Å². The SMILES string of the molecule is CC[C@@H](C)NC(=O)CN1C(=O)CS[C@H](c2ccc(F)cc2F)c2c(-c3ccccc3)nn(-c3ccc(C)cc3)c21. The van der Waals surface area contributed by atoms with Crippen LogP contribution >= 0.6 is 11.8 Å². The summed E-state index contributed by atoms with van der Waals surface area (Å²) in [7, 11) is 0. The Morgan fingerprint density at radius 2 is 1.82 bits per heavy atom. The van der Waals surface area contributed by atoms with E-state index in [0.29, 0.717) is 22.8 Å². The fourth-order valence-electron chi connectivity index (χ4n) is 4.72. The first-order valence-electron chi connectivity index (χ1n) is 13.2. The average Bonchev–Trinajstić information content (AvgIpc) is 3.27. The van der Waals surface area contributed by atoms with Gasteiger partial charge in [-0.3, -0.25) is 14.5 Å². The van der Waals surface area contributed by atoms with Crippen LogP contribution in [0.25, 0.3) is 16.9 Å². The zero-order chi connectivity index (χ0) is 28.4. The van der Waals surface area contributed by atoms with Crippen molar-refractivity contribution in [3.8, 4) is 16.9 Å². The molecule has 0 aliphatic carbocycles. The molecule has 1 aliphatic heterocycles. The van der Waals surface area contributed by atoms with Gasteiger partial charge in [0, 0.05) is 28.8 Å². The first-order chi connectivity index (χ1) is 19.3. The predicted molar refractivity (Wildman–Crippen MR) is 155 cm³/mol. The Labute approximate surface area is 236 Å². The number of carbonyl (C=O) groups excluding carboxylic acids is 2. The molecule has 5 rings (SSSR count). The van der Waals surface area contributed by atoms with Gasteiger partial charge in [0.1, 0.15) is 24.0 Å². The van der Waals surface area contributed by atoms with Crippen molar-refractivity contribution in [2.75, 3.05) is 17.2 Å². The summed E-state index contributed by atoms with van der Waals surface area (Å²) in [4.78, 5) is 28.3. The van der Waals surface area contributed by atoms with Crippen molar-refractivity contribution >= 4 is 29.4 Å². The highest BCUT2D eigenvalue weighted by molar-refractivity contribution is 8.00. The second-order valence-electron chi connectivity index (χ2n) is 9.91. The van der Waals surface area contributed by atoms with Crippen molar-refractivity contribution in [2.45, 2.75) is 38.5 Å². The van der Waals surface area contributed by atoms with Crippen LogP contribution in [0, 0.1) is 18.6 Å². The zero-order valence-electron chi connectivity index (χ0n) is 22.5. The highest BCUT2D eigenvalue weighted by Gasteiger charge is 2.38. The fourth-order valence-corrected chi connectivity index (χ4v) is 5.94. The van der Waals surface area contributed by atoms with Gasteiger partial charge in [0.25, 0.3) is 0 Å². The van der Waals surface area contributed by atoms with Gasteiger partial charge in [0.2, 0.25) is 11.8 Å². The molecule has 40 heavy (non-hydrogen) atoms. The molecule has 0 saturated carbocycles. The summed E-state index contributed by atoms with van der Waals surface area (Å²) in [6, 6.07) is 20.5. The largest absolute Gasteiger partial charge is 0.352 e. The Kier molecular flexibility index (Phi) is 8.02. The van der Waals surface area contributed by atoms with Crippen LogP contribution in [0.2, 0.25) is 0 Å². The minimum Gasteiger partial charge on any atom is -0.352 e. The Morgan fingerprint density at radius 1 is 1.10 bits per heavy atom. The molecular formula is C31H30F2N4O2S. The van der Waals surface area contributed by atoms with Crippen molar-refractivity contribution in [3.63, 3.8) is 0 Å². The predicted octanol–water partition coefficient (Wildman–Crippen LogP) is 6.21. The molecule has 1 aliphatic rings. The summed E-state index contributed by atoms with van der Waals surface area (Å²) < 4.78 is 30.9. The number of thioether (sulfide) groups is 1. The topological polar surface area (TPSA) is 67.2 Å². The quantitative estimate of drug-likeness (QED) is 0.292. The number of hydrogen-bond acceptors (Lipinski definition) is 4. The molecule has 2 heterocycles. The number of nitrogens with zero attached hydrogens (tertiary/aromatic N) is 3. The van der Waals surface area contributed by atoms with Gasteiger partial charge in [-0.15, -0.1) is 11.8 Å². The molecule has 9 heteroatoms. The van der Waals surface area contributed by atoms with Crippen LogP contribution in [0.5, 0.6) is 0 Å². The molecule has 3 aromatic carbocycles. The van der Waals surface area contributed by atoms with E-state index < -0.39 is 16.9 Å². The summed E-state index contributed by atoms with van der Waals surface area (Å²) in [5.74, 6) is -1.61. The van der Waals surface area contributed by atoms with E-state index in [-0.39, 0.29) is 35.7 Å². The van der Waals surface area contributed by atoms with Gasteiger partial charge >= 0.3 is 0 Å². The van der Waals surface area contributed by atoms with Crippen LogP contribution in [0.15, 0.2) is 72.8 Å². The van der Waals surface area contributed by atoms with Crippen LogP contribution in [0.3, 0.4) is 0 Å². The lowest BCUT2D eigenvalue weighted by Crippen LogP contribution is -2.44. The summed E-state index contributed by atoms with van der Waals surface area (Å²) >= 11 is 1.24. The first kappa shape index (κ1) is 27.6. The Bertz CT molecular complexity index is 1540. The van der Waals surface area contributed by atoms with E-state index >= 15 is 4.39 Å². The third-order valence-corrected chi connectivity index (χ3v) is 8.22. The molecule has 206 valence electrons. The molecule has 4 aromatic rings. The number of anilines is 1. The second kappa shape index (κ2) is 11.6. The summed E-state index contributed by atoms with van der Waals surface area (Å²) in [6.07, 6.45) is 0.742. The molecule has 1 N–H and O–H groups in total. The fraction of sp³-hybridized carbons (Fsp3) is 0.258. The van der Waals surface area contributed by atoms with Gasteiger partial charge in [-0.25, -0.2) is 13.5 Å². The molecule has 2 amide bonds. The smallest absolute Gasteiger partial charge is 0.240 e. The molecule has 0 unspecified atom stereocenters. The van der Waals surface area contributed by atoms with E-state index in [1.165, 1.54) is 28.8 Å². The standard InChI is InChI=1S/C31H30F2N4O2S/c1-4-20(3)34-26(38)17-36-27(39)18-40-30(24-15-12-22(32)16-25(24)33)28-29(21-8-6-5-7-9-21)35-37(31(28)36)23-13-10-19(2)11-14-23/h5-16,20,30H,4,17-18H2,1-3H3,(H,34,38)/t20-,30-/m1/s1. The highest BCUT2D eigenvalue weighted by atomic mass is 32.2. The van der Waals surface area contributed by atoms with Crippen molar-refractivity contribution in [1.82, 2.24) is 15.1 Å². The number of nitrogens with one attached hydrogen (secondary N) is 1.